The number of nitrogens with one attached hydrogen (secondary N) is 2. The van der Waals surface area contributed by atoms with Crippen LogP contribution in [-0.4, -0.2) is 53.9 Å². The van der Waals surface area contributed by atoms with E-state index in [0.717, 1.165) is 18.2 Å². The molecule has 2 heterocycles. The molecule has 8 heteroatoms. The smallest absolute Gasteiger partial charge is 0.322 e. The molecule has 1 aliphatic heterocycles. The van der Waals surface area contributed by atoms with Crippen molar-refractivity contribution in [3.05, 3.63) is 42.2 Å². The Morgan fingerprint density at radius 3 is 2.52 bits per heavy atom. The molecule has 3 rings (SSSR count). The standard InChI is InChI=1S/C17H21FN6O/c1-2-19-15-7-8-16(22-21-15)23-9-11-24(12-10-23)17(25)20-14-6-4-3-5-13(14)18/h3-8H,2,9-12H2,1H3,(H,19,21)(H,20,25). The van der Waals surface area contributed by atoms with Gasteiger partial charge in [-0.15, -0.1) is 10.2 Å². The van der Waals surface area contributed by atoms with Crippen molar-refractivity contribution >= 4 is 23.4 Å². The van der Waals surface area contributed by atoms with Crippen LogP contribution in [0.25, 0.3) is 0 Å². The molecule has 1 aliphatic rings. The monoisotopic (exact) mass is 344 g/mol. The van der Waals surface area contributed by atoms with Gasteiger partial charge in [-0.1, -0.05) is 12.1 Å². The number of halogens is 1. The fourth-order valence-electron chi connectivity index (χ4n) is 2.66. The van der Waals surface area contributed by atoms with Crippen molar-refractivity contribution in [1.29, 1.82) is 0 Å². The lowest BCUT2D eigenvalue weighted by Crippen LogP contribution is -2.50. The maximum Gasteiger partial charge on any atom is 0.322 e. The van der Waals surface area contributed by atoms with Gasteiger partial charge >= 0.3 is 6.03 Å². The van der Waals surface area contributed by atoms with Crippen LogP contribution in [0, 0.1) is 5.82 Å². The highest BCUT2D eigenvalue weighted by atomic mass is 19.1. The van der Waals surface area contributed by atoms with Crippen LogP contribution in [-0.2, 0) is 0 Å². The minimum atomic E-state index is -0.439. The molecule has 132 valence electrons. The van der Waals surface area contributed by atoms with E-state index in [-0.39, 0.29) is 11.7 Å². The highest BCUT2D eigenvalue weighted by molar-refractivity contribution is 5.89. The first kappa shape index (κ1) is 16.9. The number of carbonyl (C=O) groups excluding carboxylic acids is 1. The van der Waals surface area contributed by atoms with E-state index in [4.69, 9.17) is 0 Å². The van der Waals surface area contributed by atoms with E-state index >= 15 is 0 Å². The zero-order valence-electron chi connectivity index (χ0n) is 14.1. The second-order valence-electron chi connectivity index (χ2n) is 5.69. The number of hydrogen-bond acceptors (Lipinski definition) is 5. The first-order valence-corrected chi connectivity index (χ1v) is 8.30. The van der Waals surface area contributed by atoms with Gasteiger partial charge in [0.25, 0.3) is 0 Å². The number of nitrogens with zero attached hydrogens (tertiary/aromatic N) is 4. The number of para-hydroxylation sites is 1. The van der Waals surface area contributed by atoms with E-state index in [1.54, 1.807) is 23.1 Å². The summed E-state index contributed by atoms with van der Waals surface area (Å²) in [5.41, 5.74) is 0.194. The van der Waals surface area contributed by atoms with Crippen LogP contribution in [0.4, 0.5) is 26.5 Å². The molecule has 0 radical (unpaired) electrons. The van der Waals surface area contributed by atoms with E-state index in [2.05, 4.69) is 25.7 Å². The minimum absolute atomic E-state index is 0.194. The van der Waals surface area contributed by atoms with Crippen molar-refractivity contribution in [2.24, 2.45) is 0 Å². The van der Waals surface area contributed by atoms with E-state index in [0.29, 0.717) is 26.2 Å². The Morgan fingerprint density at radius 1 is 1.12 bits per heavy atom. The van der Waals surface area contributed by atoms with Gasteiger partial charge < -0.3 is 20.4 Å². The van der Waals surface area contributed by atoms with E-state index in [1.165, 1.54) is 6.07 Å². The molecule has 0 atom stereocenters. The quantitative estimate of drug-likeness (QED) is 0.891. The summed E-state index contributed by atoms with van der Waals surface area (Å²) in [5.74, 6) is 1.09. The highest BCUT2D eigenvalue weighted by Crippen LogP contribution is 2.16. The van der Waals surface area contributed by atoms with Gasteiger partial charge in [0.2, 0.25) is 0 Å². The molecular weight excluding hydrogens is 323 g/mol. The number of anilines is 3. The van der Waals surface area contributed by atoms with Crippen LogP contribution in [0.5, 0.6) is 0 Å². The summed E-state index contributed by atoms with van der Waals surface area (Å²) < 4.78 is 13.6. The Hall–Kier alpha value is -2.90. The molecule has 1 aromatic carbocycles. The second kappa shape index (κ2) is 7.78. The van der Waals surface area contributed by atoms with Crippen molar-refractivity contribution in [3.8, 4) is 0 Å². The van der Waals surface area contributed by atoms with E-state index in [9.17, 15) is 9.18 Å². The van der Waals surface area contributed by atoms with Crippen LogP contribution >= 0.6 is 0 Å². The molecule has 2 N–H and O–H groups in total. The average Bonchev–Trinajstić information content (AvgIpc) is 2.65. The Kier molecular flexibility index (Phi) is 5.27. The van der Waals surface area contributed by atoms with Gasteiger partial charge in [-0.05, 0) is 31.2 Å². The predicted octanol–water partition coefficient (Wildman–Crippen LogP) is 2.40. The summed E-state index contributed by atoms with van der Waals surface area (Å²) in [6.45, 7) is 5.18. The number of carbonyl (C=O) groups is 1. The highest BCUT2D eigenvalue weighted by Gasteiger charge is 2.22. The summed E-state index contributed by atoms with van der Waals surface area (Å²) in [5, 5.41) is 14.1. The van der Waals surface area contributed by atoms with Gasteiger partial charge in [-0.2, -0.15) is 0 Å². The summed E-state index contributed by atoms with van der Waals surface area (Å²) in [6.07, 6.45) is 0. The second-order valence-corrected chi connectivity index (χ2v) is 5.69. The number of piperazine rings is 1. The lowest BCUT2D eigenvalue weighted by Gasteiger charge is -2.35. The molecular formula is C17H21FN6O. The van der Waals surface area contributed by atoms with Crippen molar-refractivity contribution in [2.45, 2.75) is 6.92 Å². The molecule has 1 saturated heterocycles. The number of urea groups is 1. The van der Waals surface area contributed by atoms with Crippen molar-refractivity contribution in [1.82, 2.24) is 15.1 Å². The van der Waals surface area contributed by atoms with E-state index < -0.39 is 5.82 Å². The normalized spacial score (nSPS) is 14.3. The third-order valence-electron chi connectivity index (χ3n) is 4.01. The first-order chi connectivity index (χ1) is 12.2. The van der Waals surface area contributed by atoms with Crippen LogP contribution in [0.2, 0.25) is 0 Å². The van der Waals surface area contributed by atoms with Crippen LogP contribution in [0.15, 0.2) is 36.4 Å². The van der Waals surface area contributed by atoms with Gasteiger partial charge in [-0.25, -0.2) is 9.18 Å². The number of aromatic nitrogens is 2. The van der Waals surface area contributed by atoms with Gasteiger partial charge in [0, 0.05) is 32.7 Å². The van der Waals surface area contributed by atoms with Gasteiger partial charge in [0.1, 0.15) is 11.6 Å². The molecule has 2 amide bonds. The maximum atomic E-state index is 13.6. The van der Waals surface area contributed by atoms with Crippen LogP contribution in [0.1, 0.15) is 6.92 Å². The van der Waals surface area contributed by atoms with Gasteiger partial charge in [0.05, 0.1) is 5.69 Å². The van der Waals surface area contributed by atoms with Crippen LogP contribution < -0.4 is 15.5 Å². The van der Waals surface area contributed by atoms with Crippen molar-refractivity contribution in [3.63, 3.8) is 0 Å². The largest absolute Gasteiger partial charge is 0.369 e. The van der Waals surface area contributed by atoms with Crippen molar-refractivity contribution in [2.75, 3.05) is 48.3 Å². The fourth-order valence-corrected chi connectivity index (χ4v) is 2.66. The topological polar surface area (TPSA) is 73.4 Å². The molecule has 1 fully saturated rings. The molecule has 1 aromatic heterocycles. The first-order valence-electron chi connectivity index (χ1n) is 8.30. The lowest BCUT2D eigenvalue weighted by atomic mass is 10.3. The molecule has 0 bridgehead atoms. The molecule has 0 spiro atoms. The van der Waals surface area contributed by atoms with Gasteiger partial charge in [-0.3, -0.25) is 0 Å². The predicted molar refractivity (Wildman–Crippen MR) is 95.4 cm³/mol. The molecule has 0 saturated carbocycles. The fraction of sp³-hybridized carbons (Fsp3) is 0.353. The third kappa shape index (κ3) is 4.14. The Morgan fingerprint density at radius 2 is 1.88 bits per heavy atom. The zero-order chi connectivity index (χ0) is 17.6. The lowest BCUT2D eigenvalue weighted by molar-refractivity contribution is 0.208. The summed E-state index contributed by atoms with van der Waals surface area (Å²) in [4.78, 5) is 16.0. The number of amides is 2. The Labute approximate surface area is 145 Å². The molecule has 7 nitrogen and oxygen atoms in total. The summed E-state index contributed by atoms with van der Waals surface area (Å²) >= 11 is 0. The Balaban J connectivity index is 1.54. The third-order valence-corrected chi connectivity index (χ3v) is 4.01. The molecule has 0 aliphatic carbocycles. The summed E-state index contributed by atoms with van der Waals surface area (Å²) in [7, 11) is 0. The average molecular weight is 344 g/mol. The molecule has 0 unspecified atom stereocenters. The summed E-state index contributed by atoms with van der Waals surface area (Å²) in [6, 6.07) is 9.66. The molecule has 2 aromatic rings. The number of hydrogen-bond donors (Lipinski definition) is 2. The minimum Gasteiger partial charge on any atom is -0.369 e. The van der Waals surface area contributed by atoms with Gasteiger partial charge in [0.15, 0.2) is 5.82 Å². The zero-order valence-corrected chi connectivity index (χ0v) is 14.1. The SMILES string of the molecule is CCNc1ccc(N2CCN(C(=O)Nc3ccccc3F)CC2)nn1. The van der Waals surface area contributed by atoms with E-state index in [1.807, 2.05) is 19.1 Å². The van der Waals surface area contributed by atoms with Crippen molar-refractivity contribution < 1.29 is 9.18 Å². The molecule has 25 heavy (non-hydrogen) atoms. The number of benzene rings is 1. The number of rotatable bonds is 4. The Bertz CT molecular complexity index is 715. The maximum absolute atomic E-state index is 13.6. The van der Waals surface area contributed by atoms with Crippen LogP contribution in [0.3, 0.4) is 0 Å².